The topological polar surface area (TPSA) is 78.4 Å². The summed E-state index contributed by atoms with van der Waals surface area (Å²) >= 11 is 0. The number of nitrogens with zero attached hydrogens (tertiary/aromatic N) is 2. The summed E-state index contributed by atoms with van der Waals surface area (Å²) in [5.74, 6) is 0.887. The Morgan fingerprint density at radius 1 is 1.32 bits per heavy atom. The molecule has 0 bridgehead atoms. The zero-order valence-electron chi connectivity index (χ0n) is 11.2. The summed E-state index contributed by atoms with van der Waals surface area (Å²) < 4.78 is 10.2. The van der Waals surface area contributed by atoms with Crippen LogP contribution in [0.25, 0.3) is 11.1 Å². The molecule has 0 saturated heterocycles. The molecule has 0 radical (unpaired) electrons. The van der Waals surface area contributed by atoms with Gasteiger partial charge in [-0.1, -0.05) is 5.16 Å². The van der Waals surface area contributed by atoms with Crippen molar-refractivity contribution in [3.8, 4) is 16.9 Å². The molecule has 0 aliphatic carbocycles. The van der Waals surface area contributed by atoms with E-state index in [1.54, 1.807) is 19.9 Å². The lowest BCUT2D eigenvalue weighted by molar-refractivity contribution is -0.385. The van der Waals surface area contributed by atoms with Gasteiger partial charge in [0.2, 0.25) is 0 Å². The molecular weight excluding hydrogens is 248 g/mol. The minimum absolute atomic E-state index is 0.0666. The number of nitro benzene ring substituents is 1. The van der Waals surface area contributed by atoms with Gasteiger partial charge in [-0.05, 0) is 38.0 Å². The molecule has 1 aromatic carbocycles. The van der Waals surface area contributed by atoms with Crippen molar-refractivity contribution in [2.75, 3.05) is 7.11 Å². The van der Waals surface area contributed by atoms with Crippen LogP contribution in [0.5, 0.6) is 5.75 Å². The van der Waals surface area contributed by atoms with Gasteiger partial charge >= 0.3 is 5.69 Å². The van der Waals surface area contributed by atoms with Crippen molar-refractivity contribution in [3.63, 3.8) is 0 Å². The molecule has 19 heavy (non-hydrogen) atoms. The number of benzene rings is 1. The Kier molecular flexibility index (Phi) is 3.25. The molecule has 0 saturated carbocycles. The molecule has 0 spiro atoms. The van der Waals surface area contributed by atoms with Crippen molar-refractivity contribution < 1.29 is 14.2 Å². The average Bonchev–Trinajstić information content (AvgIpc) is 2.69. The average molecular weight is 262 g/mol. The maximum Gasteiger partial charge on any atom is 0.311 e. The fourth-order valence-corrected chi connectivity index (χ4v) is 2.11. The van der Waals surface area contributed by atoms with Crippen molar-refractivity contribution in [2.24, 2.45) is 0 Å². The number of ether oxygens (including phenoxy) is 1. The SMILES string of the molecule is COc1cc(C)c(-c2c(C)noc2C)cc1[N+](=O)[O-]. The van der Waals surface area contributed by atoms with Crippen LogP contribution in [0.3, 0.4) is 0 Å². The van der Waals surface area contributed by atoms with Crippen LogP contribution in [-0.2, 0) is 0 Å². The molecular formula is C13H14N2O4. The second kappa shape index (κ2) is 4.72. The molecule has 0 unspecified atom stereocenters. The zero-order valence-corrected chi connectivity index (χ0v) is 11.2. The summed E-state index contributed by atoms with van der Waals surface area (Å²) in [6.07, 6.45) is 0. The fraction of sp³-hybridized carbons (Fsp3) is 0.308. The Balaban J connectivity index is 2.72. The van der Waals surface area contributed by atoms with Crippen molar-refractivity contribution >= 4 is 5.69 Å². The highest BCUT2D eigenvalue weighted by Crippen LogP contribution is 2.37. The number of hydrogen-bond acceptors (Lipinski definition) is 5. The highest BCUT2D eigenvalue weighted by molar-refractivity contribution is 5.75. The van der Waals surface area contributed by atoms with Gasteiger partial charge in [-0.2, -0.15) is 0 Å². The molecule has 2 aromatic rings. The Hall–Kier alpha value is -2.37. The van der Waals surface area contributed by atoms with Gasteiger partial charge in [0.25, 0.3) is 0 Å². The van der Waals surface area contributed by atoms with Gasteiger partial charge in [-0.15, -0.1) is 0 Å². The van der Waals surface area contributed by atoms with Gasteiger partial charge in [-0.3, -0.25) is 10.1 Å². The van der Waals surface area contributed by atoms with E-state index >= 15 is 0 Å². The normalized spacial score (nSPS) is 10.5. The largest absolute Gasteiger partial charge is 0.490 e. The highest BCUT2D eigenvalue weighted by atomic mass is 16.6. The van der Waals surface area contributed by atoms with E-state index in [1.165, 1.54) is 13.2 Å². The van der Waals surface area contributed by atoms with Crippen molar-refractivity contribution in [3.05, 3.63) is 39.3 Å². The molecule has 100 valence electrons. The van der Waals surface area contributed by atoms with E-state index in [0.29, 0.717) is 11.5 Å². The molecule has 0 N–H and O–H groups in total. The second-order valence-corrected chi connectivity index (χ2v) is 4.30. The summed E-state index contributed by atoms with van der Waals surface area (Å²) in [5, 5.41) is 14.9. The number of methoxy groups -OCH3 is 1. The molecule has 6 heteroatoms. The molecule has 0 amide bonds. The van der Waals surface area contributed by atoms with Gasteiger partial charge in [0.1, 0.15) is 5.76 Å². The van der Waals surface area contributed by atoms with Crippen LogP contribution in [0.15, 0.2) is 16.7 Å². The molecule has 2 rings (SSSR count). The molecule has 0 fully saturated rings. The first-order chi connectivity index (χ1) is 8.95. The Morgan fingerprint density at radius 3 is 2.47 bits per heavy atom. The first kappa shape index (κ1) is 13.1. The van der Waals surface area contributed by atoms with Crippen molar-refractivity contribution in [1.29, 1.82) is 0 Å². The van der Waals surface area contributed by atoms with E-state index in [1.807, 2.05) is 6.92 Å². The minimum Gasteiger partial charge on any atom is -0.490 e. The Morgan fingerprint density at radius 2 is 2.00 bits per heavy atom. The molecule has 0 atom stereocenters. The summed E-state index contributed by atoms with van der Waals surface area (Å²) in [7, 11) is 1.41. The number of aromatic nitrogens is 1. The first-order valence-electron chi connectivity index (χ1n) is 5.72. The third-order valence-corrected chi connectivity index (χ3v) is 3.03. The number of rotatable bonds is 3. The van der Waals surface area contributed by atoms with Gasteiger partial charge in [0, 0.05) is 11.6 Å². The third kappa shape index (κ3) is 2.16. The highest BCUT2D eigenvalue weighted by Gasteiger charge is 2.21. The third-order valence-electron chi connectivity index (χ3n) is 3.03. The molecule has 6 nitrogen and oxygen atoms in total. The van der Waals surface area contributed by atoms with E-state index in [0.717, 1.165) is 16.7 Å². The van der Waals surface area contributed by atoms with Crippen LogP contribution in [-0.4, -0.2) is 17.2 Å². The maximum absolute atomic E-state index is 11.1. The molecule has 1 aromatic heterocycles. The lowest BCUT2D eigenvalue weighted by Gasteiger charge is -2.08. The van der Waals surface area contributed by atoms with Crippen molar-refractivity contribution in [2.45, 2.75) is 20.8 Å². The first-order valence-corrected chi connectivity index (χ1v) is 5.72. The summed E-state index contributed by atoms with van der Waals surface area (Å²) in [6, 6.07) is 3.15. The van der Waals surface area contributed by atoms with Crippen LogP contribution in [0, 0.1) is 30.9 Å². The van der Waals surface area contributed by atoms with Crippen LogP contribution in [0.1, 0.15) is 17.0 Å². The predicted molar refractivity (Wildman–Crippen MR) is 69.4 cm³/mol. The Bertz CT molecular complexity index is 627. The van der Waals surface area contributed by atoms with Crippen LogP contribution in [0.4, 0.5) is 5.69 Å². The number of nitro groups is 1. The van der Waals surface area contributed by atoms with Gasteiger partial charge in [-0.25, -0.2) is 0 Å². The maximum atomic E-state index is 11.1. The molecule has 1 heterocycles. The lowest BCUT2D eigenvalue weighted by atomic mass is 9.98. The fourth-order valence-electron chi connectivity index (χ4n) is 2.11. The van der Waals surface area contributed by atoms with E-state index in [2.05, 4.69) is 5.16 Å². The van der Waals surface area contributed by atoms with E-state index < -0.39 is 4.92 Å². The molecule has 0 aliphatic rings. The summed E-state index contributed by atoms with van der Waals surface area (Å²) in [5.41, 5.74) is 3.05. The molecule has 0 aliphatic heterocycles. The predicted octanol–water partition coefficient (Wildman–Crippen LogP) is 3.18. The lowest BCUT2D eigenvalue weighted by Crippen LogP contribution is -1.96. The Labute approximate surface area is 110 Å². The quantitative estimate of drug-likeness (QED) is 0.627. The second-order valence-electron chi connectivity index (χ2n) is 4.30. The zero-order chi connectivity index (χ0) is 14.2. The van der Waals surface area contributed by atoms with Gasteiger partial charge in [0.15, 0.2) is 5.75 Å². The van der Waals surface area contributed by atoms with Gasteiger partial charge < -0.3 is 9.26 Å². The summed E-state index contributed by atoms with van der Waals surface area (Å²) in [6.45, 7) is 5.46. The number of hydrogen-bond donors (Lipinski definition) is 0. The smallest absolute Gasteiger partial charge is 0.311 e. The van der Waals surface area contributed by atoms with Crippen LogP contribution in [0.2, 0.25) is 0 Å². The van der Waals surface area contributed by atoms with E-state index in [-0.39, 0.29) is 11.4 Å². The standard InChI is InChI=1S/C13H14N2O4/c1-7-5-12(18-4)11(15(16)17)6-10(7)13-8(2)14-19-9(13)3/h5-6H,1-4H3. The minimum atomic E-state index is -0.458. The van der Waals surface area contributed by atoms with Crippen molar-refractivity contribution in [1.82, 2.24) is 5.16 Å². The van der Waals surface area contributed by atoms with E-state index in [4.69, 9.17) is 9.26 Å². The van der Waals surface area contributed by atoms with Crippen LogP contribution >= 0.6 is 0 Å². The number of aryl methyl sites for hydroxylation is 3. The van der Waals surface area contributed by atoms with Crippen LogP contribution < -0.4 is 4.74 Å². The van der Waals surface area contributed by atoms with Gasteiger partial charge in [0.05, 0.1) is 17.7 Å². The summed E-state index contributed by atoms with van der Waals surface area (Å²) in [4.78, 5) is 10.6. The van der Waals surface area contributed by atoms with E-state index in [9.17, 15) is 10.1 Å². The monoisotopic (exact) mass is 262 g/mol.